The van der Waals surface area contributed by atoms with Crippen LogP contribution in [0.15, 0.2) is 24.3 Å². The summed E-state index contributed by atoms with van der Waals surface area (Å²) in [4.78, 5) is 12.3. The van der Waals surface area contributed by atoms with Crippen molar-refractivity contribution in [2.24, 2.45) is 5.92 Å². The number of methoxy groups -OCH3 is 1. The largest absolute Gasteiger partial charge is 0.496 e. The normalized spacial score (nSPS) is 21.2. The summed E-state index contributed by atoms with van der Waals surface area (Å²) in [6.45, 7) is 2.23. The van der Waals surface area contributed by atoms with E-state index in [0.29, 0.717) is 18.4 Å². The molecule has 1 aromatic rings. The van der Waals surface area contributed by atoms with Gasteiger partial charge in [-0.25, -0.2) is 0 Å². The Morgan fingerprint density at radius 3 is 2.90 bits per heavy atom. The van der Waals surface area contributed by atoms with Crippen molar-refractivity contribution in [1.82, 2.24) is 5.32 Å². The molecule has 0 spiro atoms. The molecule has 2 atom stereocenters. The molecule has 0 aliphatic heterocycles. The molecule has 1 aromatic carbocycles. The summed E-state index contributed by atoms with van der Waals surface area (Å²) in [5.41, 5.74) is 0.959. The Kier molecular flexibility index (Phi) is 6.09. The summed E-state index contributed by atoms with van der Waals surface area (Å²) < 4.78 is 5.31. The number of unbranched alkanes of at least 4 members (excludes halogenated alkanes) is 1. The van der Waals surface area contributed by atoms with Crippen LogP contribution in [0.2, 0.25) is 0 Å². The molecular weight excluding hydrogens is 262 g/mol. The average molecular weight is 289 g/mol. The number of carbonyl (C=O) groups is 1. The van der Waals surface area contributed by atoms with Crippen molar-refractivity contribution in [3.05, 3.63) is 29.8 Å². The van der Waals surface area contributed by atoms with E-state index in [1.54, 1.807) is 7.11 Å². The third-order valence-electron chi connectivity index (χ3n) is 4.48. The lowest BCUT2D eigenvalue weighted by atomic mass is 9.96. The second kappa shape index (κ2) is 8.06. The number of amides is 1. The van der Waals surface area contributed by atoms with Gasteiger partial charge in [0.25, 0.3) is 0 Å². The zero-order valence-electron chi connectivity index (χ0n) is 13.2. The average Bonchev–Trinajstić information content (AvgIpc) is 2.92. The molecule has 21 heavy (non-hydrogen) atoms. The van der Waals surface area contributed by atoms with Gasteiger partial charge in [0.05, 0.1) is 13.5 Å². The van der Waals surface area contributed by atoms with Crippen LogP contribution in [0, 0.1) is 5.92 Å². The topological polar surface area (TPSA) is 38.3 Å². The number of hydrogen-bond donors (Lipinski definition) is 1. The Morgan fingerprint density at radius 1 is 1.33 bits per heavy atom. The van der Waals surface area contributed by atoms with Crippen LogP contribution in [0.1, 0.15) is 51.0 Å². The van der Waals surface area contributed by atoms with Crippen LogP contribution in [-0.2, 0) is 11.2 Å². The fourth-order valence-electron chi connectivity index (χ4n) is 3.32. The highest BCUT2D eigenvalue weighted by Crippen LogP contribution is 2.30. The third-order valence-corrected chi connectivity index (χ3v) is 4.48. The van der Waals surface area contributed by atoms with Gasteiger partial charge in [-0.3, -0.25) is 4.79 Å². The first-order valence-electron chi connectivity index (χ1n) is 8.15. The maximum absolute atomic E-state index is 12.3. The van der Waals surface area contributed by atoms with Gasteiger partial charge in [0.2, 0.25) is 5.91 Å². The van der Waals surface area contributed by atoms with Crippen molar-refractivity contribution >= 4 is 5.91 Å². The zero-order valence-corrected chi connectivity index (χ0v) is 13.2. The van der Waals surface area contributed by atoms with Crippen LogP contribution in [0.5, 0.6) is 5.75 Å². The molecule has 1 fully saturated rings. The monoisotopic (exact) mass is 289 g/mol. The minimum Gasteiger partial charge on any atom is -0.496 e. The summed E-state index contributed by atoms with van der Waals surface area (Å²) in [5, 5.41) is 3.24. The Hall–Kier alpha value is -1.51. The summed E-state index contributed by atoms with van der Waals surface area (Å²) in [5.74, 6) is 1.58. The van der Waals surface area contributed by atoms with E-state index in [4.69, 9.17) is 4.74 Å². The smallest absolute Gasteiger partial charge is 0.224 e. The number of para-hydroxylation sites is 1. The summed E-state index contributed by atoms with van der Waals surface area (Å²) in [6.07, 6.45) is 7.79. The number of hydrogen-bond acceptors (Lipinski definition) is 2. The molecule has 1 amide bonds. The van der Waals surface area contributed by atoms with Crippen molar-refractivity contribution in [2.45, 2.75) is 57.9 Å². The molecule has 0 bridgehead atoms. The van der Waals surface area contributed by atoms with Crippen LogP contribution in [0.4, 0.5) is 0 Å². The Morgan fingerprint density at radius 2 is 2.14 bits per heavy atom. The summed E-state index contributed by atoms with van der Waals surface area (Å²) in [7, 11) is 1.65. The van der Waals surface area contributed by atoms with Crippen molar-refractivity contribution in [1.29, 1.82) is 0 Å². The summed E-state index contributed by atoms with van der Waals surface area (Å²) in [6, 6.07) is 8.12. The predicted octanol–water partition coefficient (Wildman–Crippen LogP) is 3.71. The Labute approximate surface area is 128 Å². The van der Waals surface area contributed by atoms with E-state index in [1.165, 1.54) is 32.1 Å². The quantitative estimate of drug-likeness (QED) is 0.831. The van der Waals surface area contributed by atoms with E-state index in [1.807, 2.05) is 24.3 Å². The van der Waals surface area contributed by atoms with E-state index in [-0.39, 0.29) is 5.91 Å². The molecule has 116 valence electrons. The molecule has 3 heteroatoms. The van der Waals surface area contributed by atoms with Crippen LogP contribution >= 0.6 is 0 Å². The maximum atomic E-state index is 12.3. The SMILES string of the molecule is CCCCC1CCCC1NC(=O)Cc1ccccc1OC. The van der Waals surface area contributed by atoms with E-state index < -0.39 is 0 Å². The number of benzene rings is 1. The lowest BCUT2D eigenvalue weighted by molar-refractivity contribution is -0.121. The highest BCUT2D eigenvalue weighted by Gasteiger charge is 2.27. The van der Waals surface area contributed by atoms with Crippen LogP contribution in [0.25, 0.3) is 0 Å². The standard InChI is InChI=1S/C18H27NO2/c1-3-4-8-14-10-7-11-16(14)19-18(20)13-15-9-5-6-12-17(15)21-2/h5-6,9,12,14,16H,3-4,7-8,10-11,13H2,1-2H3,(H,19,20). The lowest BCUT2D eigenvalue weighted by Gasteiger charge is -2.21. The Balaban J connectivity index is 1.89. The lowest BCUT2D eigenvalue weighted by Crippen LogP contribution is -2.38. The second-order valence-corrected chi connectivity index (χ2v) is 6.00. The van der Waals surface area contributed by atoms with Gasteiger partial charge in [0, 0.05) is 11.6 Å². The molecule has 1 saturated carbocycles. The fraction of sp³-hybridized carbons (Fsp3) is 0.611. The number of rotatable bonds is 7. The molecule has 0 radical (unpaired) electrons. The number of carbonyl (C=O) groups excluding carboxylic acids is 1. The van der Waals surface area contributed by atoms with Gasteiger partial charge in [-0.2, -0.15) is 0 Å². The Bertz CT molecular complexity index is 458. The molecule has 1 aliphatic carbocycles. The van der Waals surface area contributed by atoms with Crippen molar-refractivity contribution in [3.8, 4) is 5.75 Å². The van der Waals surface area contributed by atoms with E-state index in [9.17, 15) is 4.79 Å². The van der Waals surface area contributed by atoms with Crippen molar-refractivity contribution in [2.75, 3.05) is 7.11 Å². The van der Waals surface area contributed by atoms with Gasteiger partial charge < -0.3 is 10.1 Å². The van der Waals surface area contributed by atoms with Crippen molar-refractivity contribution in [3.63, 3.8) is 0 Å². The van der Waals surface area contributed by atoms with Gasteiger partial charge in [0.15, 0.2) is 0 Å². The second-order valence-electron chi connectivity index (χ2n) is 6.00. The minimum absolute atomic E-state index is 0.118. The first kappa shape index (κ1) is 15.9. The molecular formula is C18H27NO2. The summed E-state index contributed by atoms with van der Waals surface area (Å²) >= 11 is 0. The maximum Gasteiger partial charge on any atom is 0.224 e. The van der Waals surface area contributed by atoms with Crippen LogP contribution in [-0.4, -0.2) is 19.1 Å². The van der Waals surface area contributed by atoms with Crippen LogP contribution in [0.3, 0.4) is 0 Å². The predicted molar refractivity (Wildman–Crippen MR) is 85.5 cm³/mol. The number of nitrogens with one attached hydrogen (secondary N) is 1. The van der Waals surface area contributed by atoms with Gasteiger partial charge >= 0.3 is 0 Å². The molecule has 3 nitrogen and oxygen atoms in total. The highest BCUT2D eigenvalue weighted by molar-refractivity contribution is 5.79. The van der Waals surface area contributed by atoms with Gasteiger partial charge in [-0.1, -0.05) is 44.4 Å². The first-order chi connectivity index (χ1) is 10.2. The first-order valence-corrected chi connectivity index (χ1v) is 8.15. The minimum atomic E-state index is 0.118. The molecule has 1 aliphatic rings. The molecule has 0 aromatic heterocycles. The molecule has 0 saturated heterocycles. The molecule has 1 N–H and O–H groups in total. The van der Waals surface area contributed by atoms with Gasteiger partial charge in [-0.15, -0.1) is 0 Å². The molecule has 2 unspecified atom stereocenters. The van der Waals surface area contributed by atoms with Gasteiger partial charge in [0.1, 0.15) is 5.75 Å². The van der Waals surface area contributed by atoms with Crippen molar-refractivity contribution < 1.29 is 9.53 Å². The zero-order chi connectivity index (χ0) is 15.1. The van der Waals surface area contributed by atoms with Crippen LogP contribution < -0.4 is 10.1 Å². The van der Waals surface area contributed by atoms with Gasteiger partial charge in [-0.05, 0) is 31.2 Å². The van der Waals surface area contributed by atoms with E-state index in [2.05, 4.69) is 12.2 Å². The molecule has 0 heterocycles. The van der Waals surface area contributed by atoms with E-state index in [0.717, 1.165) is 17.7 Å². The number of ether oxygens (including phenoxy) is 1. The van der Waals surface area contributed by atoms with E-state index >= 15 is 0 Å². The molecule has 2 rings (SSSR count). The fourth-order valence-corrected chi connectivity index (χ4v) is 3.32. The highest BCUT2D eigenvalue weighted by atomic mass is 16.5. The third kappa shape index (κ3) is 4.48.